The van der Waals surface area contributed by atoms with Crippen LogP contribution in [0.5, 0.6) is 0 Å². The second-order valence-corrected chi connectivity index (χ2v) is 6.41. The van der Waals surface area contributed by atoms with Gasteiger partial charge in [0.2, 0.25) is 6.17 Å². The molecule has 1 saturated heterocycles. The van der Waals surface area contributed by atoms with Crippen LogP contribution >= 0.6 is 0 Å². The van der Waals surface area contributed by atoms with E-state index >= 15 is 0 Å². The molecule has 1 aromatic rings. The first kappa shape index (κ1) is 16.8. The van der Waals surface area contributed by atoms with Gasteiger partial charge in [-0.1, -0.05) is 6.07 Å². The molecule has 26 heavy (non-hydrogen) atoms. The molecule has 1 unspecified atom stereocenters. The molecule has 2 N–H and O–H groups in total. The summed E-state index contributed by atoms with van der Waals surface area (Å²) < 4.78 is 39.2. The molecule has 3 aliphatic heterocycles. The Morgan fingerprint density at radius 2 is 1.88 bits per heavy atom. The quantitative estimate of drug-likeness (QED) is 0.785. The number of rotatable bonds is 1. The SMILES string of the molecule is OC1(c2ccccn2)CCN(C2=NN3C(=NNC3C(F)(F)F)C=C2)CC1. The van der Waals surface area contributed by atoms with Gasteiger partial charge in [0.25, 0.3) is 0 Å². The van der Waals surface area contributed by atoms with Crippen molar-refractivity contribution in [1.29, 1.82) is 0 Å². The highest BCUT2D eigenvalue weighted by Gasteiger charge is 2.49. The summed E-state index contributed by atoms with van der Waals surface area (Å²) >= 11 is 0. The molecule has 0 bridgehead atoms. The van der Waals surface area contributed by atoms with Crippen LogP contribution in [-0.2, 0) is 5.60 Å². The summed E-state index contributed by atoms with van der Waals surface area (Å²) in [4.78, 5) is 6.08. The lowest BCUT2D eigenvalue weighted by atomic mass is 9.87. The van der Waals surface area contributed by atoms with Crippen molar-refractivity contribution in [2.75, 3.05) is 13.1 Å². The third kappa shape index (κ3) is 2.90. The lowest BCUT2D eigenvalue weighted by Crippen LogP contribution is -2.51. The van der Waals surface area contributed by atoms with E-state index in [9.17, 15) is 18.3 Å². The first-order valence-corrected chi connectivity index (χ1v) is 8.21. The molecular weight excluding hydrogens is 349 g/mol. The second kappa shape index (κ2) is 5.97. The molecule has 10 heteroatoms. The second-order valence-electron chi connectivity index (χ2n) is 6.41. The van der Waals surface area contributed by atoms with Crippen LogP contribution < -0.4 is 5.43 Å². The molecule has 0 radical (unpaired) electrons. The smallest absolute Gasteiger partial charge is 0.383 e. The third-order valence-electron chi connectivity index (χ3n) is 4.74. The van der Waals surface area contributed by atoms with Crippen LogP contribution in [-0.4, -0.2) is 57.1 Å². The number of fused-ring (bicyclic) bond motifs is 1. The average Bonchev–Trinajstić information content (AvgIpc) is 3.07. The molecule has 0 aliphatic carbocycles. The highest BCUT2D eigenvalue weighted by Crippen LogP contribution is 2.33. The van der Waals surface area contributed by atoms with Crippen LogP contribution in [0.3, 0.4) is 0 Å². The molecule has 1 atom stereocenters. The fourth-order valence-electron chi connectivity index (χ4n) is 3.26. The van der Waals surface area contributed by atoms with Crippen molar-refractivity contribution in [1.82, 2.24) is 20.3 Å². The predicted molar refractivity (Wildman–Crippen MR) is 87.8 cm³/mol. The molecule has 138 valence electrons. The van der Waals surface area contributed by atoms with E-state index in [1.54, 1.807) is 24.4 Å². The van der Waals surface area contributed by atoms with Gasteiger partial charge < -0.3 is 10.0 Å². The molecular formula is C16H17F3N6O. The Morgan fingerprint density at radius 1 is 1.15 bits per heavy atom. The first-order chi connectivity index (χ1) is 12.4. The van der Waals surface area contributed by atoms with Gasteiger partial charge in [0, 0.05) is 19.3 Å². The lowest BCUT2D eigenvalue weighted by molar-refractivity contribution is -0.178. The predicted octanol–water partition coefficient (Wildman–Crippen LogP) is 1.36. The van der Waals surface area contributed by atoms with Crippen molar-refractivity contribution in [2.45, 2.75) is 30.8 Å². The summed E-state index contributed by atoms with van der Waals surface area (Å²) in [5.74, 6) is 0.544. The number of hydrogen-bond donors (Lipinski definition) is 2. The maximum atomic E-state index is 13.1. The van der Waals surface area contributed by atoms with Crippen LogP contribution in [0, 0.1) is 0 Å². The number of aliphatic hydroxyl groups is 1. The monoisotopic (exact) mass is 366 g/mol. The van der Waals surface area contributed by atoms with Gasteiger partial charge in [-0.3, -0.25) is 10.4 Å². The van der Waals surface area contributed by atoms with E-state index in [0.717, 1.165) is 5.01 Å². The minimum Gasteiger partial charge on any atom is -0.383 e. The standard InChI is InChI=1S/C16H17F3N6O/c17-16(18,19)14-22-21-12-4-5-13(23-25(12)14)24-9-6-15(26,7-10-24)11-3-1-2-8-20-11/h1-5,8,14,22,26H,6-7,9-10H2. The van der Waals surface area contributed by atoms with Crippen molar-refractivity contribution in [3.8, 4) is 0 Å². The van der Waals surface area contributed by atoms with E-state index in [1.807, 2.05) is 11.0 Å². The Morgan fingerprint density at radius 3 is 2.54 bits per heavy atom. The number of piperidine rings is 1. The van der Waals surface area contributed by atoms with Gasteiger partial charge >= 0.3 is 6.18 Å². The number of nitrogens with one attached hydrogen (secondary N) is 1. The van der Waals surface area contributed by atoms with Crippen LogP contribution in [0.4, 0.5) is 13.2 Å². The van der Waals surface area contributed by atoms with E-state index in [2.05, 4.69) is 20.6 Å². The van der Waals surface area contributed by atoms with Crippen molar-refractivity contribution in [3.63, 3.8) is 0 Å². The Balaban J connectivity index is 1.48. The van der Waals surface area contributed by atoms with Gasteiger partial charge in [0.15, 0.2) is 5.84 Å². The number of halogens is 3. The van der Waals surface area contributed by atoms with E-state index in [-0.39, 0.29) is 5.84 Å². The highest BCUT2D eigenvalue weighted by atomic mass is 19.4. The molecule has 0 aromatic carbocycles. The largest absolute Gasteiger partial charge is 0.430 e. The van der Waals surface area contributed by atoms with Gasteiger partial charge in [-0.15, -0.1) is 0 Å². The number of alkyl halides is 3. The fraction of sp³-hybridized carbons (Fsp3) is 0.438. The number of aromatic nitrogens is 1. The Kier molecular flexibility index (Phi) is 3.87. The summed E-state index contributed by atoms with van der Waals surface area (Å²) in [6, 6.07) is 5.38. The molecule has 4 rings (SSSR count). The molecule has 0 spiro atoms. The molecule has 0 saturated carbocycles. The summed E-state index contributed by atoms with van der Waals surface area (Å²) in [6.45, 7) is 0.918. The van der Waals surface area contributed by atoms with E-state index in [0.29, 0.717) is 37.5 Å². The van der Waals surface area contributed by atoms with Crippen molar-refractivity contribution in [2.24, 2.45) is 10.2 Å². The zero-order valence-electron chi connectivity index (χ0n) is 13.7. The van der Waals surface area contributed by atoms with E-state index < -0.39 is 17.9 Å². The normalized spacial score (nSPS) is 24.7. The van der Waals surface area contributed by atoms with Crippen LogP contribution in [0.1, 0.15) is 18.5 Å². The number of pyridine rings is 1. The summed E-state index contributed by atoms with van der Waals surface area (Å²) in [5, 5.41) is 19.4. The third-order valence-corrected chi connectivity index (χ3v) is 4.74. The number of likely N-dealkylation sites (tertiary alicyclic amines) is 1. The summed E-state index contributed by atoms with van der Waals surface area (Å²) in [7, 11) is 0. The van der Waals surface area contributed by atoms with Gasteiger partial charge in [-0.05, 0) is 37.1 Å². The zero-order valence-corrected chi connectivity index (χ0v) is 13.7. The molecule has 4 heterocycles. The maximum Gasteiger partial charge on any atom is 0.430 e. The van der Waals surface area contributed by atoms with Crippen molar-refractivity contribution >= 4 is 11.7 Å². The highest BCUT2D eigenvalue weighted by molar-refractivity contribution is 6.05. The maximum absolute atomic E-state index is 13.1. The van der Waals surface area contributed by atoms with Gasteiger partial charge in [0.1, 0.15) is 11.4 Å². The number of nitrogens with zero attached hydrogens (tertiary/aromatic N) is 5. The summed E-state index contributed by atoms with van der Waals surface area (Å²) in [5.41, 5.74) is 1.63. The number of amidine groups is 2. The minimum atomic E-state index is -4.49. The van der Waals surface area contributed by atoms with Gasteiger partial charge in [-0.25, -0.2) is 5.01 Å². The van der Waals surface area contributed by atoms with Gasteiger partial charge in [0.05, 0.1) is 5.69 Å². The van der Waals surface area contributed by atoms with Crippen LogP contribution in [0.2, 0.25) is 0 Å². The molecule has 1 fully saturated rings. The topological polar surface area (TPSA) is 76.4 Å². The molecule has 7 nitrogen and oxygen atoms in total. The number of hydrogen-bond acceptors (Lipinski definition) is 7. The minimum absolute atomic E-state index is 0.123. The van der Waals surface area contributed by atoms with Crippen LogP contribution in [0.15, 0.2) is 46.8 Å². The fourth-order valence-corrected chi connectivity index (χ4v) is 3.26. The van der Waals surface area contributed by atoms with E-state index in [1.165, 1.54) is 6.08 Å². The average molecular weight is 366 g/mol. The number of hydrazone groups is 2. The molecule has 3 aliphatic rings. The van der Waals surface area contributed by atoms with Crippen molar-refractivity contribution in [3.05, 3.63) is 42.2 Å². The zero-order chi connectivity index (χ0) is 18.4. The Bertz CT molecular complexity index is 768. The Labute approximate surface area is 147 Å². The van der Waals surface area contributed by atoms with Crippen LogP contribution in [0.25, 0.3) is 0 Å². The van der Waals surface area contributed by atoms with E-state index in [4.69, 9.17) is 0 Å². The Hall–Kier alpha value is -2.62. The molecule has 1 aromatic heterocycles. The summed E-state index contributed by atoms with van der Waals surface area (Å²) in [6.07, 6.45) is -0.857. The first-order valence-electron chi connectivity index (χ1n) is 8.21. The molecule has 0 amide bonds. The van der Waals surface area contributed by atoms with Gasteiger partial charge in [-0.2, -0.15) is 23.4 Å². The van der Waals surface area contributed by atoms with Crippen molar-refractivity contribution < 1.29 is 18.3 Å². The lowest BCUT2D eigenvalue weighted by Gasteiger charge is -2.39.